The summed E-state index contributed by atoms with van der Waals surface area (Å²) in [7, 11) is 8.50. The van der Waals surface area contributed by atoms with E-state index in [0.29, 0.717) is 48.1 Å². The quantitative estimate of drug-likeness (QED) is 0.201. The summed E-state index contributed by atoms with van der Waals surface area (Å²) in [5, 5.41) is 13.9. The van der Waals surface area contributed by atoms with E-state index in [0.717, 1.165) is 17.7 Å². The second kappa shape index (κ2) is 13.4. The summed E-state index contributed by atoms with van der Waals surface area (Å²) < 4.78 is 22.4. The van der Waals surface area contributed by atoms with E-state index in [1.54, 1.807) is 36.4 Å². The van der Waals surface area contributed by atoms with E-state index < -0.39 is 23.5 Å². The van der Waals surface area contributed by atoms with Gasteiger partial charge in [-0.25, -0.2) is 0 Å². The Morgan fingerprint density at radius 1 is 0.929 bits per heavy atom. The molecule has 222 valence electrons. The second-order valence-electron chi connectivity index (χ2n) is 10.5. The van der Waals surface area contributed by atoms with Crippen LogP contribution in [-0.4, -0.2) is 65.1 Å². The molecule has 4 rings (SSSR count). The number of rotatable bonds is 12. The van der Waals surface area contributed by atoms with E-state index in [1.165, 1.54) is 31.1 Å². The Balaban J connectivity index is 1.73. The number of hydrogen-bond acceptors (Lipinski definition) is 7. The van der Waals surface area contributed by atoms with Gasteiger partial charge in [0.1, 0.15) is 12.4 Å². The molecule has 1 unspecified atom stereocenters. The first-order chi connectivity index (χ1) is 20.2. The van der Waals surface area contributed by atoms with Crippen molar-refractivity contribution < 1.29 is 38.5 Å². The van der Waals surface area contributed by atoms with Crippen LogP contribution in [0.25, 0.3) is 5.76 Å². The Labute approximate surface area is 246 Å². The highest BCUT2D eigenvalue weighted by atomic mass is 16.5. The molecule has 0 saturated carbocycles. The molecule has 9 heteroatoms. The minimum atomic E-state index is -0.916. The third kappa shape index (κ3) is 6.36. The van der Waals surface area contributed by atoms with Crippen molar-refractivity contribution in [3.05, 3.63) is 88.5 Å². The molecule has 0 aliphatic carbocycles. The number of amides is 1. The van der Waals surface area contributed by atoms with Crippen molar-refractivity contribution >= 4 is 17.4 Å². The Morgan fingerprint density at radius 2 is 1.57 bits per heavy atom. The number of hydrogen-bond donors (Lipinski definition) is 1. The molecule has 9 nitrogen and oxygen atoms in total. The third-order valence-corrected chi connectivity index (χ3v) is 7.38. The van der Waals surface area contributed by atoms with Crippen molar-refractivity contribution in [2.75, 3.05) is 48.5 Å². The lowest BCUT2D eigenvalue weighted by molar-refractivity contribution is -0.858. The van der Waals surface area contributed by atoms with Gasteiger partial charge in [0.2, 0.25) is 11.5 Å². The monoisotopic (exact) mass is 574 g/mol. The van der Waals surface area contributed by atoms with Crippen molar-refractivity contribution in [3.8, 4) is 23.0 Å². The van der Waals surface area contributed by atoms with E-state index in [1.807, 2.05) is 45.3 Å². The van der Waals surface area contributed by atoms with Crippen molar-refractivity contribution in [1.82, 2.24) is 4.90 Å². The van der Waals surface area contributed by atoms with Crippen LogP contribution in [0, 0.1) is 6.92 Å². The first-order valence-electron chi connectivity index (χ1n) is 13.8. The molecular weight excluding hydrogens is 536 g/mol. The number of nitrogens with zero attached hydrogens (tertiary/aromatic N) is 1. The van der Waals surface area contributed by atoms with Crippen LogP contribution in [0.2, 0.25) is 0 Å². The number of likely N-dealkylation sites (tertiary alicyclic amines) is 1. The Morgan fingerprint density at radius 3 is 2.14 bits per heavy atom. The first kappa shape index (κ1) is 30.5. The third-order valence-electron chi connectivity index (χ3n) is 7.38. The average molecular weight is 575 g/mol. The summed E-state index contributed by atoms with van der Waals surface area (Å²) in [6, 6.07) is 17.0. The second-order valence-corrected chi connectivity index (χ2v) is 10.5. The molecule has 3 aromatic rings. The molecule has 1 amide bonds. The van der Waals surface area contributed by atoms with E-state index in [-0.39, 0.29) is 11.1 Å². The Hall–Kier alpha value is -4.50. The summed E-state index contributed by atoms with van der Waals surface area (Å²) in [4.78, 5) is 29.5. The van der Waals surface area contributed by atoms with E-state index in [2.05, 4.69) is 0 Å². The molecule has 1 saturated heterocycles. The maximum absolute atomic E-state index is 13.9. The predicted molar refractivity (Wildman–Crippen MR) is 157 cm³/mol. The van der Waals surface area contributed by atoms with Crippen LogP contribution in [0.15, 0.2) is 66.2 Å². The zero-order chi connectivity index (χ0) is 30.4. The van der Waals surface area contributed by atoms with Gasteiger partial charge in [0.25, 0.3) is 5.91 Å². The standard InChI is InChI=1S/C33H38N2O7/c1-21-10-7-8-11-23(21)20-42-25-14-12-22(13-15-25)30(36)28-29(35(33(38)31(28)37)17-9-16-34(2)3)24-18-26(39-4)32(41-6)27(19-24)40-5/h7-8,10-15,18-19,29,36H,9,16-17,20H2,1-6H3. The summed E-state index contributed by atoms with van der Waals surface area (Å²) in [5.41, 5.74) is 2.88. The summed E-state index contributed by atoms with van der Waals surface area (Å²) >= 11 is 0. The molecule has 1 fully saturated rings. The first-order valence-corrected chi connectivity index (χ1v) is 13.8. The number of methoxy groups -OCH3 is 3. The highest BCUT2D eigenvalue weighted by Gasteiger charge is 2.44. The molecule has 0 radical (unpaired) electrons. The van der Waals surface area contributed by atoms with Gasteiger partial charge in [0, 0.05) is 18.5 Å². The van der Waals surface area contributed by atoms with Gasteiger partial charge in [-0.05, 0) is 53.4 Å². The number of Topliss-reactive ketones (excluding diaryl/α,β-unsaturated/α-hetero) is 1. The Kier molecular flexibility index (Phi) is 9.75. The predicted octanol–water partition coefficient (Wildman–Crippen LogP) is 2.36. The molecule has 1 aliphatic heterocycles. The fourth-order valence-corrected chi connectivity index (χ4v) is 5.10. The molecule has 0 bridgehead atoms. The van der Waals surface area contributed by atoms with Crippen LogP contribution in [0.3, 0.4) is 0 Å². The van der Waals surface area contributed by atoms with Crippen LogP contribution in [0.4, 0.5) is 0 Å². The molecule has 1 aliphatic rings. The van der Waals surface area contributed by atoms with Crippen LogP contribution in [-0.2, 0) is 16.2 Å². The molecule has 0 spiro atoms. The number of nitrogens with one attached hydrogen (secondary N) is 1. The minimum Gasteiger partial charge on any atom is -0.872 e. The highest BCUT2D eigenvalue weighted by molar-refractivity contribution is 6.46. The summed E-state index contributed by atoms with van der Waals surface area (Å²) in [5.74, 6) is -0.353. The van der Waals surface area contributed by atoms with Gasteiger partial charge in [-0.15, -0.1) is 0 Å². The number of ketones is 1. The van der Waals surface area contributed by atoms with Crippen molar-refractivity contribution in [2.24, 2.45) is 0 Å². The number of benzene rings is 3. The van der Waals surface area contributed by atoms with Crippen molar-refractivity contribution in [1.29, 1.82) is 0 Å². The largest absolute Gasteiger partial charge is 0.872 e. The van der Waals surface area contributed by atoms with Gasteiger partial charge in [0.15, 0.2) is 11.5 Å². The van der Waals surface area contributed by atoms with Crippen LogP contribution < -0.4 is 29.0 Å². The van der Waals surface area contributed by atoms with Crippen LogP contribution >= 0.6 is 0 Å². The lowest BCUT2D eigenvalue weighted by Gasteiger charge is -2.28. The topological polar surface area (TPSA) is 102 Å². The van der Waals surface area contributed by atoms with Crippen molar-refractivity contribution in [3.63, 3.8) is 0 Å². The molecular formula is C33H38N2O7. The maximum atomic E-state index is 13.9. The van der Waals surface area contributed by atoms with Gasteiger partial charge in [-0.3, -0.25) is 9.59 Å². The molecule has 1 atom stereocenters. The fraction of sp³-hybridized carbons (Fsp3) is 0.333. The van der Waals surface area contributed by atoms with E-state index >= 15 is 0 Å². The maximum Gasteiger partial charge on any atom is 0.295 e. The van der Waals surface area contributed by atoms with Gasteiger partial charge < -0.3 is 33.9 Å². The number of ether oxygens (including phenoxy) is 4. The molecule has 1 heterocycles. The summed E-state index contributed by atoms with van der Waals surface area (Å²) in [6.07, 6.45) is 0.649. The van der Waals surface area contributed by atoms with Crippen molar-refractivity contribution in [2.45, 2.75) is 26.0 Å². The van der Waals surface area contributed by atoms with Gasteiger partial charge >= 0.3 is 0 Å². The average Bonchev–Trinajstić information content (AvgIpc) is 3.24. The zero-order valence-electron chi connectivity index (χ0n) is 25.0. The number of carbonyl (C=O) groups excluding carboxylic acids is 2. The van der Waals surface area contributed by atoms with Crippen LogP contribution in [0.5, 0.6) is 23.0 Å². The Bertz CT molecular complexity index is 1440. The minimum absolute atomic E-state index is 0.111. The zero-order valence-corrected chi connectivity index (χ0v) is 25.0. The van der Waals surface area contributed by atoms with E-state index in [9.17, 15) is 14.7 Å². The molecule has 0 aromatic heterocycles. The lowest BCUT2D eigenvalue weighted by atomic mass is 9.94. The molecule has 1 N–H and O–H groups in total. The fourth-order valence-electron chi connectivity index (χ4n) is 5.10. The number of quaternary nitrogens is 1. The smallest absolute Gasteiger partial charge is 0.295 e. The van der Waals surface area contributed by atoms with Gasteiger partial charge in [0.05, 0.1) is 48.0 Å². The number of carbonyl (C=O) groups is 2. The van der Waals surface area contributed by atoms with E-state index in [4.69, 9.17) is 18.9 Å². The van der Waals surface area contributed by atoms with Gasteiger partial charge in [-0.1, -0.05) is 42.2 Å². The molecule has 3 aromatic carbocycles. The molecule has 42 heavy (non-hydrogen) atoms. The van der Waals surface area contributed by atoms with Gasteiger partial charge in [-0.2, -0.15) is 0 Å². The van der Waals surface area contributed by atoms with Crippen LogP contribution in [0.1, 0.15) is 34.7 Å². The lowest BCUT2D eigenvalue weighted by Crippen LogP contribution is -3.05. The normalized spacial score (nSPS) is 16.2. The number of aryl methyl sites for hydroxylation is 1. The highest BCUT2D eigenvalue weighted by Crippen LogP contribution is 2.45. The SMILES string of the molecule is COc1cc(C2C(=C([O-])c3ccc(OCc4ccccc4C)cc3)C(=O)C(=O)N2CCC[NH+](C)C)cc(OC)c1OC. The summed E-state index contributed by atoms with van der Waals surface area (Å²) in [6.45, 7) is 3.50.